The second kappa shape index (κ2) is 5.19. The minimum absolute atomic E-state index is 0.372. The Morgan fingerprint density at radius 2 is 2.32 bits per heavy atom. The smallest absolute Gasteiger partial charge is 0.146 e. The molecular formula is C13H12ClN3OS. The molecule has 19 heavy (non-hydrogen) atoms. The summed E-state index contributed by atoms with van der Waals surface area (Å²) in [7, 11) is 1.65. The van der Waals surface area contributed by atoms with Crippen LogP contribution in [0.3, 0.4) is 0 Å². The first kappa shape index (κ1) is 12.4. The molecule has 0 saturated carbocycles. The lowest BCUT2D eigenvalue weighted by molar-refractivity contribution is 0.419. The van der Waals surface area contributed by atoms with Crippen molar-refractivity contribution in [1.29, 1.82) is 0 Å². The number of methoxy groups -OCH3 is 1. The van der Waals surface area contributed by atoms with Crippen LogP contribution in [0.5, 0.6) is 5.75 Å². The van der Waals surface area contributed by atoms with E-state index in [9.17, 15) is 0 Å². The average molecular weight is 294 g/mol. The molecule has 2 aromatic heterocycles. The summed E-state index contributed by atoms with van der Waals surface area (Å²) >= 11 is 7.63. The van der Waals surface area contributed by atoms with Crippen LogP contribution in [0, 0.1) is 0 Å². The lowest BCUT2D eigenvalue weighted by Gasteiger charge is -2.06. The molecule has 4 nitrogen and oxygen atoms in total. The molecule has 0 atom stereocenters. The first-order valence-corrected chi connectivity index (χ1v) is 7.20. The zero-order valence-corrected chi connectivity index (χ0v) is 11.9. The van der Waals surface area contributed by atoms with Crippen LogP contribution in [0.25, 0.3) is 11.0 Å². The van der Waals surface area contributed by atoms with E-state index < -0.39 is 0 Å². The highest BCUT2D eigenvalue weighted by atomic mass is 35.5. The molecule has 0 unspecified atom stereocenters. The number of alkyl halides is 1. The molecule has 3 rings (SSSR count). The second-order valence-electron chi connectivity index (χ2n) is 4.04. The summed E-state index contributed by atoms with van der Waals surface area (Å²) in [6.45, 7) is 0.733. The van der Waals surface area contributed by atoms with Gasteiger partial charge in [0.05, 0.1) is 30.6 Å². The fraction of sp³-hybridized carbons (Fsp3) is 0.231. The molecule has 0 aliphatic carbocycles. The number of thiazole rings is 1. The summed E-state index contributed by atoms with van der Waals surface area (Å²) in [5.74, 6) is 1.98. The van der Waals surface area contributed by atoms with Crippen LogP contribution in [0.2, 0.25) is 0 Å². The Morgan fingerprint density at radius 3 is 3.00 bits per heavy atom. The lowest BCUT2D eigenvalue weighted by Crippen LogP contribution is -2.02. The predicted molar refractivity (Wildman–Crippen MR) is 77.1 cm³/mol. The fourth-order valence-corrected chi connectivity index (χ4v) is 2.88. The Morgan fingerprint density at radius 1 is 1.42 bits per heavy atom. The van der Waals surface area contributed by atoms with Crippen molar-refractivity contribution in [2.75, 3.05) is 7.11 Å². The van der Waals surface area contributed by atoms with Gasteiger partial charge in [0.1, 0.15) is 17.1 Å². The number of para-hydroxylation sites is 1. The van der Waals surface area contributed by atoms with E-state index in [1.807, 2.05) is 29.9 Å². The zero-order chi connectivity index (χ0) is 13.2. The number of ether oxygens (including phenoxy) is 1. The van der Waals surface area contributed by atoms with Crippen LogP contribution >= 0.6 is 22.9 Å². The maximum atomic E-state index is 6.00. The Kier molecular flexibility index (Phi) is 3.40. The standard InChI is InChI=1S/C13H12ClN3OS/c1-18-11-4-2-3-10-13(11)16-12(5-14)17(10)7-9-6-15-8-19-9/h2-4,6,8H,5,7H2,1H3. The number of halogens is 1. The first-order chi connectivity index (χ1) is 9.33. The van der Waals surface area contributed by atoms with E-state index in [1.54, 1.807) is 18.4 Å². The van der Waals surface area contributed by atoms with E-state index >= 15 is 0 Å². The Bertz CT molecular complexity index is 693. The monoisotopic (exact) mass is 293 g/mol. The molecule has 0 aliphatic rings. The van der Waals surface area contributed by atoms with E-state index in [4.69, 9.17) is 16.3 Å². The highest BCUT2D eigenvalue weighted by Gasteiger charge is 2.13. The molecule has 3 aromatic rings. The third-order valence-corrected chi connectivity index (χ3v) is 3.96. The van der Waals surface area contributed by atoms with Gasteiger partial charge in [-0.3, -0.25) is 4.98 Å². The Labute approximate surface area is 119 Å². The summed E-state index contributed by atoms with van der Waals surface area (Å²) in [6.07, 6.45) is 1.87. The molecule has 98 valence electrons. The van der Waals surface area contributed by atoms with Crippen LogP contribution < -0.4 is 4.74 Å². The number of hydrogen-bond acceptors (Lipinski definition) is 4. The molecule has 0 fully saturated rings. The summed E-state index contributed by atoms with van der Waals surface area (Å²) in [5, 5.41) is 0. The normalized spacial score (nSPS) is 11.1. The maximum Gasteiger partial charge on any atom is 0.146 e. The second-order valence-corrected chi connectivity index (χ2v) is 5.28. The lowest BCUT2D eigenvalue weighted by atomic mass is 10.3. The van der Waals surface area contributed by atoms with Gasteiger partial charge in [-0.25, -0.2) is 4.98 Å². The number of rotatable bonds is 4. The van der Waals surface area contributed by atoms with Gasteiger partial charge in [0.2, 0.25) is 0 Å². The number of nitrogens with zero attached hydrogens (tertiary/aromatic N) is 3. The minimum Gasteiger partial charge on any atom is -0.494 e. The van der Waals surface area contributed by atoms with Crippen molar-refractivity contribution in [2.45, 2.75) is 12.4 Å². The Hall–Kier alpha value is -1.59. The zero-order valence-electron chi connectivity index (χ0n) is 10.3. The molecule has 0 bridgehead atoms. The van der Waals surface area contributed by atoms with Gasteiger partial charge in [0, 0.05) is 11.1 Å². The number of aromatic nitrogens is 3. The highest BCUT2D eigenvalue weighted by Crippen LogP contribution is 2.27. The van der Waals surface area contributed by atoms with Crippen molar-refractivity contribution in [3.63, 3.8) is 0 Å². The van der Waals surface area contributed by atoms with Crippen LogP contribution in [-0.4, -0.2) is 21.6 Å². The van der Waals surface area contributed by atoms with Crippen LogP contribution in [0.15, 0.2) is 29.9 Å². The van der Waals surface area contributed by atoms with Crippen LogP contribution in [0.4, 0.5) is 0 Å². The van der Waals surface area contributed by atoms with Gasteiger partial charge in [0.25, 0.3) is 0 Å². The maximum absolute atomic E-state index is 6.00. The van der Waals surface area contributed by atoms with E-state index in [2.05, 4.69) is 14.5 Å². The van der Waals surface area contributed by atoms with Crippen molar-refractivity contribution in [1.82, 2.24) is 14.5 Å². The van der Waals surface area contributed by atoms with Crippen molar-refractivity contribution >= 4 is 34.0 Å². The number of imidazole rings is 1. The van der Waals surface area contributed by atoms with E-state index in [-0.39, 0.29) is 0 Å². The molecule has 0 saturated heterocycles. The van der Waals surface area contributed by atoms with Crippen LogP contribution in [-0.2, 0) is 12.4 Å². The van der Waals surface area contributed by atoms with E-state index in [0.29, 0.717) is 5.88 Å². The number of benzene rings is 1. The van der Waals surface area contributed by atoms with E-state index in [0.717, 1.165) is 29.2 Å². The van der Waals surface area contributed by atoms with Crippen molar-refractivity contribution in [3.05, 3.63) is 40.6 Å². The largest absolute Gasteiger partial charge is 0.494 e. The molecule has 0 spiro atoms. The van der Waals surface area contributed by atoms with Crippen molar-refractivity contribution in [2.24, 2.45) is 0 Å². The minimum atomic E-state index is 0.372. The van der Waals surface area contributed by atoms with Gasteiger partial charge in [0.15, 0.2) is 0 Å². The summed E-state index contributed by atoms with van der Waals surface area (Å²) < 4.78 is 7.46. The SMILES string of the molecule is COc1cccc2c1nc(CCl)n2Cc1cncs1. The number of fused-ring (bicyclic) bond motifs is 1. The average Bonchev–Trinajstić information content (AvgIpc) is 3.07. The quantitative estimate of drug-likeness (QED) is 0.693. The highest BCUT2D eigenvalue weighted by molar-refractivity contribution is 7.09. The summed E-state index contributed by atoms with van der Waals surface area (Å²) in [4.78, 5) is 9.85. The van der Waals surface area contributed by atoms with Gasteiger partial charge in [-0.05, 0) is 12.1 Å². The molecule has 1 aromatic carbocycles. The molecule has 0 amide bonds. The third kappa shape index (κ3) is 2.19. The summed E-state index contributed by atoms with van der Waals surface area (Å²) in [5.41, 5.74) is 3.71. The molecule has 6 heteroatoms. The molecule has 2 heterocycles. The topological polar surface area (TPSA) is 39.9 Å². The van der Waals surface area contributed by atoms with Gasteiger partial charge >= 0.3 is 0 Å². The van der Waals surface area contributed by atoms with Gasteiger partial charge < -0.3 is 9.30 Å². The number of hydrogen-bond donors (Lipinski definition) is 0. The van der Waals surface area contributed by atoms with Gasteiger partial charge in [-0.2, -0.15) is 0 Å². The van der Waals surface area contributed by atoms with E-state index in [1.165, 1.54) is 4.88 Å². The predicted octanol–water partition coefficient (Wildman–Crippen LogP) is 3.29. The summed E-state index contributed by atoms with van der Waals surface area (Å²) in [6, 6.07) is 5.90. The van der Waals surface area contributed by atoms with Gasteiger partial charge in [-0.15, -0.1) is 22.9 Å². The molecular weight excluding hydrogens is 282 g/mol. The Balaban J connectivity index is 2.16. The molecule has 0 aliphatic heterocycles. The van der Waals surface area contributed by atoms with Crippen molar-refractivity contribution < 1.29 is 4.74 Å². The molecule has 0 N–H and O–H groups in total. The fourth-order valence-electron chi connectivity index (χ4n) is 2.09. The van der Waals surface area contributed by atoms with Gasteiger partial charge in [-0.1, -0.05) is 6.07 Å². The first-order valence-electron chi connectivity index (χ1n) is 5.79. The molecule has 0 radical (unpaired) electrons. The van der Waals surface area contributed by atoms with Crippen molar-refractivity contribution in [3.8, 4) is 5.75 Å². The van der Waals surface area contributed by atoms with Crippen LogP contribution in [0.1, 0.15) is 10.7 Å². The third-order valence-electron chi connectivity index (χ3n) is 2.96.